The first kappa shape index (κ1) is 17.7. The third-order valence-electron chi connectivity index (χ3n) is 4.05. The number of nitrogens with one attached hydrogen (secondary N) is 1. The Morgan fingerprint density at radius 3 is 2.54 bits per heavy atom. The molecule has 0 unspecified atom stereocenters. The van der Waals surface area contributed by atoms with Crippen LogP contribution in [0.3, 0.4) is 0 Å². The van der Waals surface area contributed by atoms with Crippen molar-refractivity contribution in [1.82, 2.24) is 15.1 Å². The highest BCUT2D eigenvalue weighted by Gasteiger charge is 2.06. The Morgan fingerprint density at radius 2 is 1.77 bits per heavy atom. The second-order valence-electron chi connectivity index (χ2n) is 6.01. The summed E-state index contributed by atoms with van der Waals surface area (Å²) in [5.41, 5.74) is 2.26. The molecule has 134 valence electrons. The maximum Gasteiger partial charge on any atom is 0.220 e. The molecule has 0 aliphatic rings. The Morgan fingerprint density at radius 1 is 1.00 bits per heavy atom. The van der Waals surface area contributed by atoms with Crippen molar-refractivity contribution in [2.45, 2.75) is 25.9 Å². The van der Waals surface area contributed by atoms with Crippen LogP contribution in [0.25, 0.3) is 0 Å². The molecule has 0 fully saturated rings. The van der Waals surface area contributed by atoms with Crippen molar-refractivity contribution >= 4 is 5.91 Å². The van der Waals surface area contributed by atoms with Crippen molar-refractivity contribution in [2.24, 2.45) is 0 Å². The van der Waals surface area contributed by atoms with E-state index in [4.69, 9.17) is 4.74 Å². The Bertz CT molecular complexity index is 801. The molecular formula is C21H23N3O2. The van der Waals surface area contributed by atoms with Crippen LogP contribution in [0.1, 0.15) is 24.0 Å². The number of hydrogen-bond acceptors (Lipinski definition) is 3. The number of ether oxygens (including phenoxy) is 1. The van der Waals surface area contributed by atoms with Gasteiger partial charge in [-0.1, -0.05) is 42.5 Å². The quantitative estimate of drug-likeness (QED) is 0.602. The van der Waals surface area contributed by atoms with Crippen LogP contribution in [0.15, 0.2) is 73.1 Å². The summed E-state index contributed by atoms with van der Waals surface area (Å²) >= 11 is 0. The molecule has 1 amide bonds. The molecule has 0 bridgehead atoms. The molecule has 0 atom stereocenters. The molecule has 0 aliphatic carbocycles. The lowest BCUT2D eigenvalue weighted by Crippen LogP contribution is -2.23. The van der Waals surface area contributed by atoms with E-state index in [0.717, 1.165) is 16.9 Å². The molecule has 0 saturated heterocycles. The van der Waals surface area contributed by atoms with Crippen molar-refractivity contribution in [3.8, 4) is 5.75 Å². The van der Waals surface area contributed by atoms with Crippen LogP contribution in [-0.2, 0) is 17.9 Å². The predicted octanol–water partition coefficient (Wildman–Crippen LogP) is 3.41. The fourth-order valence-electron chi connectivity index (χ4n) is 2.67. The number of nitrogens with zero attached hydrogens (tertiary/aromatic N) is 2. The van der Waals surface area contributed by atoms with Crippen molar-refractivity contribution in [3.63, 3.8) is 0 Å². The lowest BCUT2D eigenvalue weighted by Gasteiger charge is -2.11. The van der Waals surface area contributed by atoms with E-state index in [9.17, 15) is 4.79 Å². The third-order valence-corrected chi connectivity index (χ3v) is 4.05. The summed E-state index contributed by atoms with van der Waals surface area (Å²) in [4.78, 5) is 12.1. The van der Waals surface area contributed by atoms with Crippen LogP contribution in [0, 0.1) is 0 Å². The summed E-state index contributed by atoms with van der Waals surface area (Å²) in [6.45, 7) is 1.76. The molecule has 2 aromatic carbocycles. The zero-order chi connectivity index (χ0) is 18.0. The molecule has 1 N–H and O–H groups in total. The molecular weight excluding hydrogens is 326 g/mol. The topological polar surface area (TPSA) is 56.1 Å². The molecule has 0 saturated carbocycles. The predicted molar refractivity (Wildman–Crippen MR) is 101 cm³/mol. The van der Waals surface area contributed by atoms with Crippen molar-refractivity contribution < 1.29 is 9.53 Å². The van der Waals surface area contributed by atoms with Gasteiger partial charge < -0.3 is 10.1 Å². The number of aromatic nitrogens is 2. The highest BCUT2D eigenvalue weighted by molar-refractivity contribution is 5.75. The van der Waals surface area contributed by atoms with Gasteiger partial charge in [0.05, 0.1) is 13.2 Å². The maximum atomic E-state index is 12.1. The molecule has 3 rings (SSSR count). The standard InChI is InChI=1S/C21H23N3O2/c25-21(12-6-15-26-20-10-2-1-3-11-20)22-16-18-8-4-5-9-19(18)17-24-14-7-13-23-24/h1-5,7-11,13-14H,6,12,15-17H2,(H,22,25). The summed E-state index contributed by atoms with van der Waals surface area (Å²) in [5.74, 6) is 0.871. The highest BCUT2D eigenvalue weighted by Crippen LogP contribution is 2.11. The molecule has 0 aliphatic heterocycles. The van der Waals surface area contributed by atoms with Gasteiger partial charge in [-0.15, -0.1) is 0 Å². The summed E-state index contributed by atoms with van der Waals surface area (Å²) < 4.78 is 7.48. The molecule has 3 aromatic rings. The average Bonchev–Trinajstić information content (AvgIpc) is 3.18. The van der Waals surface area contributed by atoms with Gasteiger partial charge in [-0.2, -0.15) is 5.10 Å². The summed E-state index contributed by atoms with van der Waals surface area (Å²) in [6, 6.07) is 19.6. The first-order valence-corrected chi connectivity index (χ1v) is 8.80. The average molecular weight is 349 g/mol. The molecule has 0 radical (unpaired) electrons. The summed E-state index contributed by atoms with van der Waals surface area (Å²) in [5, 5.41) is 7.23. The van der Waals surface area contributed by atoms with Gasteiger partial charge in [0.1, 0.15) is 5.75 Å². The summed E-state index contributed by atoms with van der Waals surface area (Å²) in [7, 11) is 0. The third kappa shape index (κ3) is 5.48. The van der Waals surface area contributed by atoms with Gasteiger partial charge in [0, 0.05) is 25.4 Å². The van der Waals surface area contributed by atoms with Crippen molar-refractivity contribution in [3.05, 3.63) is 84.2 Å². The van der Waals surface area contributed by atoms with Gasteiger partial charge in [0.25, 0.3) is 0 Å². The minimum atomic E-state index is 0.0375. The van der Waals surface area contributed by atoms with Crippen LogP contribution >= 0.6 is 0 Å². The fourth-order valence-corrected chi connectivity index (χ4v) is 2.67. The Kier molecular flexibility index (Phi) is 6.42. The number of carbonyl (C=O) groups excluding carboxylic acids is 1. The number of hydrogen-bond donors (Lipinski definition) is 1. The van der Waals surface area contributed by atoms with Crippen LogP contribution in [0.5, 0.6) is 5.75 Å². The lowest BCUT2D eigenvalue weighted by atomic mass is 10.1. The van der Waals surface area contributed by atoms with E-state index in [-0.39, 0.29) is 5.91 Å². The Labute approximate surface area is 153 Å². The van der Waals surface area contributed by atoms with E-state index in [0.29, 0.717) is 32.5 Å². The second kappa shape index (κ2) is 9.42. The van der Waals surface area contributed by atoms with Crippen LogP contribution in [-0.4, -0.2) is 22.3 Å². The first-order chi connectivity index (χ1) is 12.8. The Hall–Kier alpha value is -3.08. The molecule has 0 spiro atoms. The van der Waals surface area contributed by atoms with Crippen molar-refractivity contribution in [2.75, 3.05) is 6.61 Å². The Balaban J connectivity index is 1.41. The van der Waals surface area contributed by atoms with Gasteiger partial charge in [-0.05, 0) is 35.7 Å². The van der Waals surface area contributed by atoms with Crippen LogP contribution < -0.4 is 10.1 Å². The van der Waals surface area contributed by atoms with Gasteiger partial charge in [-0.25, -0.2) is 0 Å². The summed E-state index contributed by atoms with van der Waals surface area (Å²) in [6.07, 6.45) is 4.84. The second-order valence-corrected chi connectivity index (χ2v) is 6.01. The van der Waals surface area contributed by atoms with E-state index < -0.39 is 0 Å². The number of para-hydroxylation sites is 1. The molecule has 5 nitrogen and oxygen atoms in total. The number of rotatable bonds is 9. The smallest absolute Gasteiger partial charge is 0.220 e. The zero-order valence-corrected chi connectivity index (χ0v) is 14.7. The fraction of sp³-hybridized carbons (Fsp3) is 0.238. The van der Waals surface area contributed by atoms with Crippen LogP contribution in [0.2, 0.25) is 0 Å². The molecule has 26 heavy (non-hydrogen) atoms. The minimum absolute atomic E-state index is 0.0375. The monoisotopic (exact) mass is 349 g/mol. The largest absolute Gasteiger partial charge is 0.494 e. The van der Waals surface area contributed by atoms with E-state index >= 15 is 0 Å². The van der Waals surface area contributed by atoms with E-state index in [2.05, 4.69) is 16.5 Å². The molecule has 1 heterocycles. The van der Waals surface area contributed by atoms with Gasteiger partial charge >= 0.3 is 0 Å². The maximum absolute atomic E-state index is 12.1. The van der Waals surface area contributed by atoms with Gasteiger partial charge in [-0.3, -0.25) is 9.48 Å². The van der Waals surface area contributed by atoms with Gasteiger partial charge in [0.2, 0.25) is 5.91 Å². The van der Waals surface area contributed by atoms with E-state index in [1.807, 2.05) is 65.5 Å². The van der Waals surface area contributed by atoms with E-state index in [1.54, 1.807) is 6.20 Å². The first-order valence-electron chi connectivity index (χ1n) is 8.80. The minimum Gasteiger partial charge on any atom is -0.494 e. The number of carbonyl (C=O) groups is 1. The number of benzene rings is 2. The lowest BCUT2D eigenvalue weighted by molar-refractivity contribution is -0.121. The van der Waals surface area contributed by atoms with Crippen LogP contribution in [0.4, 0.5) is 0 Å². The molecule has 1 aromatic heterocycles. The number of amides is 1. The zero-order valence-electron chi connectivity index (χ0n) is 14.7. The SMILES string of the molecule is O=C(CCCOc1ccccc1)NCc1ccccc1Cn1cccn1. The normalized spacial score (nSPS) is 10.5. The van der Waals surface area contributed by atoms with Crippen molar-refractivity contribution in [1.29, 1.82) is 0 Å². The van der Waals surface area contributed by atoms with Gasteiger partial charge in [0.15, 0.2) is 0 Å². The highest BCUT2D eigenvalue weighted by atomic mass is 16.5. The van der Waals surface area contributed by atoms with E-state index in [1.165, 1.54) is 0 Å². The molecule has 5 heteroatoms.